The van der Waals surface area contributed by atoms with E-state index in [4.69, 9.17) is 0 Å². The van der Waals surface area contributed by atoms with Crippen LogP contribution in [0.2, 0.25) is 0 Å². The fourth-order valence-corrected chi connectivity index (χ4v) is 3.29. The molecule has 1 fully saturated rings. The lowest BCUT2D eigenvalue weighted by Gasteiger charge is -2.37. The van der Waals surface area contributed by atoms with Gasteiger partial charge in [-0.1, -0.05) is 30.3 Å². The number of aromatic nitrogens is 1. The number of aliphatic hydroxyl groups excluding tert-OH is 1. The fraction of sp³-hybridized carbons (Fsp3) is 0.450. The standard InChI is InChI=1S/C20H27N3O/c1-15(2)22-9-11-23(12-10-22)19-13-16(3)18(14-21-19)20(24)17-7-5-4-6-8-17/h4-8,13-15,20,24H,9-12H2,1-3H3/t20-/m1/s1. The Labute approximate surface area is 144 Å². The number of piperazine rings is 1. The first-order chi connectivity index (χ1) is 11.6. The van der Waals surface area contributed by atoms with Crippen LogP contribution in [0, 0.1) is 6.92 Å². The van der Waals surface area contributed by atoms with E-state index in [0.29, 0.717) is 6.04 Å². The number of hydrogen-bond acceptors (Lipinski definition) is 4. The third kappa shape index (κ3) is 3.60. The number of hydrogen-bond donors (Lipinski definition) is 1. The molecule has 1 aromatic heterocycles. The van der Waals surface area contributed by atoms with Gasteiger partial charge in [0, 0.05) is 44.0 Å². The number of aryl methyl sites for hydroxylation is 1. The molecule has 1 saturated heterocycles. The minimum absolute atomic E-state index is 0.602. The Kier molecular flexibility index (Phi) is 5.17. The topological polar surface area (TPSA) is 39.6 Å². The van der Waals surface area contributed by atoms with Gasteiger partial charge in [-0.15, -0.1) is 0 Å². The van der Waals surface area contributed by atoms with E-state index < -0.39 is 6.10 Å². The number of aliphatic hydroxyl groups is 1. The summed E-state index contributed by atoms with van der Waals surface area (Å²) in [6.07, 6.45) is 1.21. The molecule has 1 N–H and O–H groups in total. The summed E-state index contributed by atoms with van der Waals surface area (Å²) in [5.41, 5.74) is 2.87. The normalized spacial score (nSPS) is 17.3. The van der Waals surface area contributed by atoms with Crippen LogP contribution >= 0.6 is 0 Å². The van der Waals surface area contributed by atoms with Gasteiger partial charge in [-0.05, 0) is 38.0 Å². The van der Waals surface area contributed by atoms with Gasteiger partial charge in [0.05, 0.1) is 0 Å². The Morgan fingerprint density at radius 1 is 1.04 bits per heavy atom. The summed E-state index contributed by atoms with van der Waals surface area (Å²) in [7, 11) is 0. The van der Waals surface area contributed by atoms with Gasteiger partial charge < -0.3 is 10.0 Å². The lowest BCUT2D eigenvalue weighted by atomic mass is 9.99. The monoisotopic (exact) mass is 325 g/mol. The number of nitrogens with zero attached hydrogens (tertiary/aromatic N) is 3. The van der Waals surface area contributed by atoms with Crippen LogP contribution in [-0.2, 0) is 0 Å². The van der Waals surface area contributed by atoms with Crippen molar-refractivity contribution in [2.75, 3.05) is 31.1 Å². The smallest absolute Gasteiger partial charge is 0.128 e. The molecule has 128 valence electrons. The average Bonchev–Trinajstić information content (AvgIpc) is 2.62. The van der Waals surface area contributed by atoms with E-state index in [9.17, 15) is 5.11 Å². The Morgan fingerprint density at radius 2 is 1.71 bits per heavy atom. The summed E-state index contributed by atoms with van der Waals surface area (Å²) in [4.78, 5) is 9.46. The molecule has 0 radical (unpaired) electrons. The molecule has 1 aliphatic heterocycles. The molecular weight excluding hydrogens is 298 g/mol. The van der Waals surface area contributed by atoms with Crippen molar-refractivity contribution in [1.82, 2.24) is 9.88 Å². The van der Waals surface area contributed by atoms with Crippen LogP contribution in [0.25, 0.3) is 0 Å². The van der Waals surface area contributed by atoms with Crippen molar-refractivity contribution in [1.29, 1.82) is 0 Å². The summed E-state index contributed by atoms with van der Waals surface area (Å²) in [6, 6.07) is 12.5. The molecule has 0 aliphatic carbocycles. The van der Waals surface area contributed by atoms with Gasteiger partial charge >= 0.3 is 0 Å². The molecule has 0 bridgehead atoms. The highest BCUT2D eigenvalue weighted by Crippen LogP contribution is 2.26. The van der Waals surface area contributed by atoms with Crippen LogP contribution in [0.5, 0.6) is 0 Å². The van der Waals surface area contributed by atoms with Crippen molar-refractivity contribution >= 4 is 5.82 Å². The summed E-state index contributed by atoms with van der Waals surface area (Å²) >= 11 is 0. The Balaban J connectivity index is 1.74. The van der Waals surface area contributed by atoms with E-state index in [0.717, 1.165) is 48.7 Å². The molecule has 4 heteroatoms. The molecular formula is C20H27N3O. The third-order valence-corrected chi connectivity index (χ3v) is 4.92. The van der Waals surface area contributed by atoms with Gasteiger partial charge in [-0.25, -0.2) is 4.98 Å². The van der Waals surface area contributed by atoms with Crippen molar-refractivity contribution in [2.24, 2.45) is 0 Å². The molecule has 1 atom stereocenters. The van der Waals surface area contributed by atoms with Gasteiger partial charge in [-0.2, -0.15) is 0 Å². The highest BCUT2D eigenvalue weighted by Gasteiger charge is 2.21. The molecule has 2 aromatic rings. The molecule has 2 heterocycles. The number of rotatable bonds is 4. The molecule has 0 amide bonds. The molecule has 1 aliphatic rings. The predicted octanol–water partition coefficient (Wildman–Crippen LogP) is 3.00. The van der Waals surface area contributed by atoms with Crippen LogP contribution in [0.4, 0.5) is 5.82 Å². The maximum atomic E-state index is 10.6. The second kappa shape index (κ2) is 7.32. The van der Waals surface area contributed by atoms with Gasteiger partial charge in [0.2, 0.25) is 0 Å². The van der Waals surface area contributed by atoms with Crippen LogP contribution in [0.15, 0.2) is 42.6 Å². The van der Waals surface area contributed by atoms with Gasteiger partial charge in [0.15, 0.2) is 0 Å². The van der Waals surface area contributed by atoms with E-state index in [1.165, 1.54) is 0 Å². The molecule has 3 rings (SSSR count). The molecule has 0 saturated carbocycles. The summed E-state index contributed by atoms with van der Waals surface area (Å²) in [6.45, 7) is 10.7. The van der Waals surface area contributed by atoms with Gasteiger partial charge in [0.25, 0.3) is 0 Å². The largest absolute Gasteiger partial charge is 0.384 e. The third-order valence-electron chi connectivity index (χ3n) is 4.92. The summed E-state index contributed by atoms with van der Waals surface area (Å²) < 4.78 is 0. The lowest BCUT2D eigenvalue weighted by Crippen LogP contribution is -2.49. The first-order valence-electron chi connectivity index (χ1n) is 8.75. The zero-order chi connectivity index (χ0) is 17.1. The van der Waals surface area contributed by atoms with Crippen LogP contribution in [0.3, 0.4) is 0 Å². The zero-order valence-electron chi connectivity index (χ0n) is 14.8. The first kappa shape index (κ1) is 16.9. The highest BCUT2D eigenvalue weighted by atomic mass is 16.3. The minimum atomic E-state index is -0.620. The molecule has 0 spiro atoms. The quantitative estimate of drug-likeness (QED) is 0.938. The summed E-state index contributed by atoms with van der Waals surface area (Å²) in [5.74, 6) is 1.01. The Morgan fingerprint density at radius 3 is 2.29 bits per heavy atom. The second-order valence-electron chi connectivity index (χ2n) is 6.83. The average molecular weight is 325 g/mol. The van der Waals surface area contributed by atoms with Crippen LogP contribution in [-0.4, -0.2) is 47.2 Å². The maximum absolute atomic E-state index is 10.6. The Hall–Kier alpha value is -1.91. The van der Waals surface area contributed by atoms with E-state index in [1.54, 1.807) is 0 Å². The molecule has 4 nitrogen and oxygen atoms in total. The van der Waals surface area contributed by atoms with E-state index >= 15 is 0 Å². The Bertz CT molecular complexity index is 664. The zero-order valence-corrected chi connectivity index (χ0v) is 14.8. The molecule has 24 heavy (non-hydrogen) atoms. The first-order valence-corrected chi connectivity index (χ1v) is 8.75. The van der Waals surface area contributed by atoms with E-state index in [2.05, 4.69) is 41.6 Å². The van der Waals surface area contributed by atoms with Crippen molar-refractivity contribution in [2.45, 2.75) is 32.9 Å². The van der Waals surface area contributed by atoms with Crippen molar-refractivity contribution in [3.8, 4) is 0 Å². The van der Waals surface area contributed by atoms with Crippen molar-refractivity contribution < 1.29 is 5.11 Å². The van der Waals surface area contributed by atoms with Gasteiger partial charge in [-0.3, -0.25) is 4.90 Å². The molecule has 0 unspecified atom stereocenters. The highest BCUT2D eigenvalue weighted by molar-refractivity contribution is 5.46. The predicted molar refractivity (Wildman–Crippen MR) is 98.4 cm³/mol. The minimum Gasteiger partial charge on any atom is -0.384 e. The lowest BCUT2D eigenvalue weighted by molar-refractivity contribution is 0.209. The number of anilines is 1. The van der Waals surface area contributed by atoms with Crippen LogP contribution < -0.4 is 4.90 Å². The fourth-order valence-electron chi connectivity index (χ4n) is 3.29. The van der Waals surface area contributed by atoms with Crippen molar-refractivity contribution in [3.05, 3.63) is 59.3 Å². The van der Waals surface area contributed by atoms with E-state index in [-0.39, 0.29) is 0 Å². The SMILES string of the molecule is Cc1cc(N2CCN(C(C)C)CC2)ncc1[C@H](O)c1ccccc1. The number of pyridine rings is 1. The van der Waals surface area contributed by atoms with Gasteiger partial charge in [0.1, 0.15) is 11.9 Å². The second-order valence-corrected chi connectivity index (χ2v) is 6.83. The molecule has 1 aromatic carbocycles. The van der Waals surface area contributed by atoms with Crippen LogP contribution in [0.1, 0.15) is 36.6 Å². The van der Waals surface area contributed by atoms with E-state index in [1.807, 2.05) is 36.5 Å². The summed E-state index contributed by atoms with van der Waals surface area (Å²) in [5, 5.41) is 10.6. The maximum Gasteiger partial charge on any atom is 0.128 e. The number of benzene rings is 1. The van der Waals surface area contributed by atoms with Crippen molar-refractivity contribution in [3.63, 3.8) is 0 Å².